The Kier molecular flexibility index (Phi) is 7.32. The third kappa shape index (κ3) is 5.01. The highest BCUT2D eigenvalue weighted by Crippen LogP contribution is 2.19. The Labute approximate surface area is 148 Å². The molecular weight excluding hydrogens is 329 g/mol. The molecule has 0 aliphatic rings. The molecule has 24 heavy (non-hydrogen) atoms. The predicted molar refractivity (Wildman–Crippen MR) is 97.1 cm³/mol. The molecule has 0 spiro atoms. The number of nitrogens with zero attached hydrogens (tertiary/aromatic N) is 1. The van der Waals surface area contributed by atoms with E-state index in [1.54, 1.807) is 18.3 Å². The van der Waals surface area contributed by atoms with Gasteiger partial charge in [0.2, 0.25) is 0 Å². The second-order valence-electron chi connectivity index (χ2n) is 6.00. The first-order valence-corrected chi connectivity index (χ1v) is 7.66. The normalized spacial score (nSPS) is 13.1. The molecule has 2 aromatic rings. The van der Waals surface area contributed by atoms with Crippen LogP contribution in [-0.4, -0.2) is 16.8 Å². The summed E-state index contributed by atoms with van der Waals surface area (Å²) in [4.78, 5) is 16.7. The molecule has 6 heteroatoms. The van der Waals surface area contributed by atoms with E-state index in [0.29, 0.717) is 22.9 Å². The van der Waals surface area contributed by atoms with Crippen LogP contribution in [0.4, 0.5) is 10.2 Å². The highest BCUT2D eigenvalue weighted by molar-refractivity contribution is 6.00. The van der Waals surface area contributed by atoms with E-state index >= 15 is 0 Å². The van der Waals surface area contributed by atoms with Crippen LogP contribution in [0.3, 0.4) is 0 Å². The van der Waals surface area contributed by atoms with Gasteiger partial charge in [-0.25, -0.2) is 9.37 Å². The Bertz CT molecular complexity index is 676. The molecule has 3 N–H and O–H groups in total. The van der Waals surface area contributed by atoms with Crippen LogP contribution < -0.4 is 11.1 Å². The van der Waals surface area contributed by atoms with Crippen molar-refractivity contribution >= 4 is 24.0 Å². The highest BCUT2D eigenvalue weighted by Gasteiger charge is 2.19. The Balaban J connectivity index is 0.00000288. The minimum atomic E-state index is -0.807. The number of benzene rings is 1. The van der Waals surface area contributed by atoms with E-state index in [4.69, 9.17) is 5.73 Å². The van der Waals surface area contributed by atoms with Gasteiger partial charge in [0.15, 0.2) is 5.78 Å². The predicted octanol–water partition coefficient (Wildman–Crippen LogP) is 3.98. The first-order chi connectivity index (χ1) is 10.9. The number of hydrogen-bond acceptors (Lipinski definition) is 4. The van der Waals surface area contributed by atoms with E-state index in [9.17, 15) is 9.18 Å². The molecule has 1 heterocycles. The largest absolute Gasteiger partial charge is 0.367 e. The number of carbonyl (C=O) groups excluding carboxylic acids is 1. The van der Waals surface area contributed by atoms with Gasteiger partial charge in [0.05, 0.1) is 6.04 Å². The van der Waals surface area contributed by atoms with Crippen molar-refractivity contribution in [2.75, 3.05) is 5.32 Å². The smallest absolute Gasteiger partial charge is 0.184 e. The van der Waals surface area contributed by atoms with E-state index in [1.807, 2.05) is 0 Å². The van der Waals surface area contributed by atoms with Crippen molar-refractivity contribution in [3.63, 3.8) is 0 Å². The van der Waals surface area contributed by atoms with Gasteiger partial charge in [0.25, 0.3) is 0 Å². The fourth-order valence-electron chi connectivity index (χ4n) is 2.06. The molecule has 130 valence electrons. The molecule has 0 saturated heterocycles. The third-order valence-corrected chi connectivity index (χ3v) is 3.93. The second kappa shape index (κ2) is 8.76. The van der Waals surface area contributed by atoms with Crippen LogP contribution in [0.5, 0.6) is 0 Å². The molecule has 1 aromatic carbocycles. The Morgan fingerprint density at radius 1 is 1.17 bits per heavy atom. The first kappa shape index (κ1) is 20.1. The zero-order valence-electron chi connectivity index (χ0n) is 14.0. The third-order valence-electron chi connectivity index (χ3n) is 3.93. The maximum atomic E-state index is 13.0. The van der Waals surface area contributed by atoms with E-state index in [1.165, 1.54) is 24.3 Å². The number of carbonyl (C=O) groups is 1. The average molecular weight is 352 g/mol. The Morgan fingerprint density at radius 2 is 1.79 bits per heavy atom. The molecule has 4 nitrogen and oxygen atoms in total. The monoisotopic (exact) mass is 351 g/mol. The van der Waals surface area contributed by atoms with E-state index in [0.717, 1.165) is 0 Å². The number of aromatic nitrogens is 1. The number of pyridine rings is 1. The SMILES string of the molecule is CC(C)C(C)Nc1cc(C(N)C(=O)c2ccc(F)cc2)ccn1.Cl. The zero-order valence-corrected chi connectivity index (χ0v) is 14.8. The Hall–Kier alpha value is -1.98. The number of anilines is 1. The zero-order chi connectivity index (χ0) is 17.0. The summed E-state index contributed by atoms with van der Waals surface area (Å²) in [5.41, 5.74) is 7.13. The van der Waals surface area contributed by atoms with Gasteiger partial charge in [-0.1, -0.05) is 13.8 Å². The van der Waals surface area contributed by atoms with Gasteiger partial charge in [-0.2, -0.15) is 0 Å². The van der Waals surface area contributed by atoms with Gasteiger partial charge in [0.1, 0.15) is 11.6 Å². The number of rotatable bonds is 6. The summed E-state index contributed by atoms with van der Waals surface area (Å²) in [5, 5.41) is 3.30. The van der Waals surface area contributed by atoms with Crippen LogP contribution in [-0.2, 0) is 0 Å². The lowest BCUT2D eigenvalue weighted by Crippen LogP contribution is -2.24. The molecule has 0 amide bonds. The van der Waals surface area contributed by atoms with Crippen LogP contribution in [0.2, 0.25) is 0 Å². The minimum Gasteiger partial charge on any atom is -0.367 e. The van der Waals surface area contributed by atoms with Crippen LogP contribution in [0.1, 0.15) is 42.7 Å². The summed E-state index contributed by atoms with van der Waals surface area (Å²) in [6, 6.07) is 8.34. The summed E-state index contributed by atoms with van der Waals surface area (Å²) in [7, 11) is 0. The van der Waals surface area contributed by atoms with Gasteiger partial charge >= 0.3 is 0 Å². The van der Waals surface area contributed by atoms with Crippen molar-refractivity contribution in [2.24, 2.45) is 11.7 Å². The van der Waals surface area contributed by atoms with E-state index in [-0.39, 0.29) is 30.0 Å². The van der Waals surface area contributed by atoms with Crippen molar-refractivity contribution in [1.29, 1.82) is 0 Å². The van der Waals surface area contributed by atoms with Crippen LogP contribution >= 0.6 is 12.4 Å². The molecule has 0 saturated carbocycles. The molecule has 2 unspecified atom stereocenters. The summed E-state index contributed by atoms with van der Waals surface area (Å²) in [6.07, 6.45) is 1.63. The molecule has 0 aliphatic heterocycles. The van der Waals surface area contributed by atoms with Gasteiger partial charge in [-0.15, -0.1) is 12.4 Å². The molecule has 0 fully saturated rings. The lowest BCUT2D eigenvalue weighted by Gasteiger charge is -2.19. The average Bonchev–Trinajstić information content (AvgIpc) is 2.54. The number of nitrogens with one attached hydrogen (secondary N) is 1. The van der Waals surface area contributed by atoms with Crippen LogP contribution in [0, 0.1) is 11.7 Å². The van der Waals surface area contributed by atoms with Gasteiger partial charge in [0, 0.05) is 17.8 Å². The lowest BCUT2D eigenvalue weighted by atomic mass is 9.98. The fourth-order valence-corrected chi connectivity index (χ4v) is 2.06. The highest BCUT2D eigenvalue weighted by atomic mass is 35.5. The Morgan fingerprint density at radius 3 is 2.38 bits per heavy atom. The number of Topliss-reactive ketones (excluding diaryl/α,β-unsaturated/α-hetero) is 1. The topological polar surface area (TPSA) is 68.0 Å². The van der Waals surface area contributed by atoms with Crippen molar-refractivity contribution in [3.8, 4) is 0 Å². The molecular formula is C18H23ClFN3O. The first-order valence-electron chi connectivity index (χ1n) is 7.66. The van der Waals surface area contributed by atoms with Gasteiger partial charge in [-0.3, -0.25) is 4.79 Å². The number of hydrogen-bond donors (Lipinski definition) is 2. The van der Waals surface area contributed by atoms with E-state index in [2.05, 4.69) is 31.1 Å². The number of nitrogens with two attached hydrogens (primary N) is 1. The minimum absolute atomic E-state index is 0. The maximum absolute atomic E-state index is 13.0. The number of ketones is 1. The lowest BCUT2D eigenvalue weighted by molar-refractivity contribution is 0.0961. The van der Waals surface area contributed by atoms with Crippen molar-refractivity contribution in [3.05, 3.63) is 59.5 Å². The van der Waals surface area contributed by atoms with Crippen molar-refractivity contribution in [1.82, 2.24) is 4.98 Å². The molecule has 0 aliphatic carbocycles. The van der Waals surface area contributed by atoms with Crippen molar-refractivity contribution in [2.45, 2.75) is 32.9 Å². The molecule has 0 bridgehead atoms. The van der Waals surface area contributed by atoms with Gasteiger partial charge < -0.3 is 11.1 Å². The summed E-state index contributed by atoms with van der Waals surface area (Å²) >= 11 is 0. The number of halogens is 2. The fraction of sp³-hybridized carbons (Fsp3) is 0.333. The summed E-state index contributed by atoms with van der Waals surface area (Å²) in [6.45, 7) is 6.30. The molecule has 0 radical (unpaired) electrons. The summed E-state index contributed by atoms with van der Waals surface area (Å²) in [5.74, 6) is 0.508. The molecule has 2 rings (SSSR count). The van der Waals surface area contributed by atoms with E-state index < -0.39 is 6.04 Å². The summed E-state index contributed by atoms with van der Waals surface area (Å²) < 4.78 is 13.0. The molecule has 1 aromatic heterocycles. The van der Waals surface area contributed by atoms with Crippen LogP contribution in [0.25, 0.3) is 0 Å². The molecule has 2 atom stereocenters. The van der Waals surface area contributed by atoms with Gasteiger partial charge in [-0.05, 0) is 54.8 Å². The standard InChI is InChI=1S/C18H22FN3O.ClH/c1-11(2)12(3)22-16-10-14(8-9-21-16)17(20)18(23)13-4-6-15(19)7-5-13;/h4-12,17H,20H2,1-3H3,(H,21,22);1H. The maximum Gasteiger partial charge on any atom is 0.184 e. The van der Waals surface area contributed by atoms with Crippen LogP contribution in [0.15, 0.2) is 42.6 Å². The van der Waals surface area contributed by atoms with Crippen molar-refractivity contribution < 1.29 is 9.18 Å². The second-order valence-corrected chi connectivity index (χ2v) is 6.00. The quantitative estimate of drug-likeness (QED) is 0.772.